The molecule has 0 aromatic carbocycles. The van der Waals surface area contributed by atoms with E-state index in [2.05, 4.69) is 21.1 Å². The van der Waals surface area contributed by atoms with Gasteiger partial charge in [-0.2, -0.15) is 0 Å². The third-order valence-electron chi connectivity index (χ3n) is 0.262. The second-order valence-corrected chi connectivity index (χ2v) is 1.02. The van der Waals surface area contributed by atoms with Crippen molar-refractivity contribution >= 4 is 9.24 Å². The fourth-order valence-electron chi connectivity index (χ4n) is 0.0833. The Morgan fingerprint density at radius 3 is 2.60 bits per heavy atom. The Bertz CT molecular complexity index is 28.1. The second kappa shape index (κ2) is 3.97. The van der Waals surface area contributed by atoms with E-state index >= 15 is 0 Å². The largest absolute Gasteiger partial charge is 0.388 e. The van der Waals surface area contributed by atoms with Gasteiger partial charge in [0.2, 0.25) is 0 Å². The van der Waals surface area contributed by atoms with Crippen molar-refractivity contribution in [1.82, 2.24) is 5.32 Å². The topological polar surface area (TPSA) is 12.0 Å². The lowest BCUT2D eigenvalue weighted by Crippen LogP contribution is -1.96. The summed E-state index contributed by atoms with van der Waals surface area (Å²) >= 11 is 0. The summed E-state index contributed by atoms with van der Waals surface area (Å²) in [5.74, 6) is 0. The highest BCUT2D eigenvalue weighted by Gasteiger charge is 1.54. The molecule has 0 radical (unpaired) electrons. The van der Waals surface area contributed by atoms with Gasteiger partial charge in [-0.25, -0.2) is 0 Å². The van der Waals surface area contributed by atoms with E-state index < -0.39 is 0 Å². The van der Waals surface area contributed by atoms with Crippen LogP contribution in [0.2, 0.25) is 0 Å². The van der Waals surface area contributed by atoms with Gasteiger partial charge in [0.05, 0.1) is 0 Å². The molecule has 30 valence electrons. The molecule has 1 unspecified atom stereocenters. The Balaban J connectivity index is 2.40. The van der Waals surface area contributed by atoms with Gasteiger partial charge in [0.25, 0.3) is 0 Å². The zero-order valence-electron chi connectivity index (χ0n) is 3.07. The van der Waals surface area contributed by atoms with Crippen LogP contribution >= 0.6 is 9.24 Å². The van der Waals surface area contributed by atoms with Crippen molar-refractivity contribution in [3.05, 3.63) is 12.8 Å². The van der Waals surface area contributed by atoms with Crippen molar-refractivity contribution in [3.8, 4) is 0 Å². The van der Waals surface area contributed by atoms with Crippen LogP contribution in [0.25, 0.3) is 0 Å². The monoisotopic (exact) mass is 89.0 g/mol. The van der Waals surface area contributed by atoms with Gasteiger partial charge in [-0.1, -0.05) is 6.58 Å². The van der Waals surface area contributed by atoms with Gasteiger partial charge in [-0.3, -0.25) is 0 Å². The van der Waals surface area contributed by atoms with Crippen LogP contribution < -0.4 is 5.32 Å². The molecule has 2 heteroatoms. The van der Waals surface area contributed by atoms with Crippen LogP contribution in [0.5, 0.6) is 0 Å². The molecule has 1 nitrogen and oxygen atoms in total. The van der Waals surface area contributed by atoms with Crippen molar-refractivity contribution < 1.29 is 0 Å². The molecule has 0 bridgehead atoms. The molecule has 0 aromatic heterocycles. The summed E-state index contributed by atoms with van der Waals surface area (Å²) in [6, 6.07) is 0. The summed E-state index contributed by atoms with van der Waals surface area (Å²) in [4.78, 5) is 0. The van der Waals surface area contributed by atoms with Crippen LogP contribution in [0.4, 0.5) is 0 Å². The van der Waals surface area contributed by atoms with Crippen LogP contribution in [-0.4, -0.2) is 6.29 Å². The first-order valence-corrected chi connectivity index (χ1v) is 2.28. The number of hydrogen-bond donors (Lipinski definition) is 1. The van der Waals surface area contributed by atoms with Gasteiger partial charge < -0.3 is 5.32 Å². The number of rotatable bonds is 2. The SMILES string of the molecule is C=CNCP. The van der Waals surface area contributed by atoms with E-state index in [1.807, 2.05) is 0 Å². The smallest absolute Gasteiger partial charge is 0.0285 e. The maximum absolute atomic E-state index is 3.43. The standard InChI is InChI=1S/C3H8NP/c1-2-4-3-5/h2,4H,1,3,5H2. The van der Waals surface area contributed by atoms with Crippen molar-refractivity contribution in [2.24, 2.45) is 0 Å². The Morgan fingerprint density at radius 1 is 2.00 bits per heavy atom. The van der Waals surface area contributed by atoms with E-state index in [4.69, 9.17) is 0 Å². The molecule has 0 aliphatic carbocycles. The highest BCUT2D eigenvalue weighted by Crippen LogP contribution is 1.68. The van der Waals surface area contributed by atoms with Gasteiger partial charge in [-0.05, 0) is 6.20 Å². The molecule has 1 atom stereocenters. The predicted octanol–water partition coefficient (Wildman–Crippen LogP) is 0.552. The van der Waals surface area contributed by atoms with Gasteiger partial charge in [0.1, 0.15) is 0 Å². The lowest BCUT2D eigenvalue weighted by atomic mass is 11.0. The molecule has 0 aromatic rings. The molecular weight excluding hydrogens is 81.0 g/mol. The van der Waals surface area contributed by atoms with Crippen LogP contribution in [0.1, 0.15) is 0 Å². The Kier molecular flexibility index (Phi) is 3.95. The fraction of sp³-hybridized carbons (Fsp3) is 0.333. The molecule has 0 saturated heterocycles. The minimum Gasteiger partial charge on any atom is -0.388 e. The van der Waals surface area contributed by atoms with Crippen molar-refractivity contribution in [3.63, 3.8) is 0 Å². The second-order valence-electron chi connectivity index (χ2n) is 0.612. The Morgan fingerprint density at radius 2 is 2.60 bits per heavy atom. The van der Waals surface area contributed by atoms with Crippen LogP contribution in [0.3, 0.4) is 0 Å². The van der Waals surface area contributed by atoms with E-state index in [-0.39, 0.29) is 0 Å². The lowest BCUT2D eigenvalue weighted by Gasteiger charge is -1.83. The lowest BCUT2D eigenvalue weighted by molar-refractivity contribution is 1.07. The van der Waals surface area contributed by atoms with Crippen molar-refractivity contribution in [2.45, 2.75) is 0 Å². The molecule has 0 fully saturated rings. The number of hydrogen-bond acceptors (Lipinski definition) is 1. The van der Waals surface area contributed by atoms with E-state index in [9.17, 15) is 0 Å². The molecule has 5 heavy (non-hydrogen) atoms. The first-order chi connectivity index (χ1) is 2.41. The quantitative estimate of drug-likeness (QED) is 0.487. The first kappa shape index (κ1) is 4.97. The molecule has 0 aliphatic rings. The minimum absolute atomic E-state index is 0.892. The summed E-state index contributed by atoms with van der Waals surface area (Å²) < 4.78 is 0. The van der Waals surface area contributed by atoms with E-state index in [1.165, 1.54) is 0 Å². The highest BCUT2D eigenvalue weighted by atomic mass is 31.0. The van der Waals surface area contributed by atoms with E-state index in [0.29, 0.717) is 0 Å². The van der Waals surface area contributed by atoms with Crippen LogP contribution in [-0.2, 0) is 0 Å². The van der Waals surface area contributed by atoms with Gasteiger partial charge >= 0.3 is 0 Å². The van der Waals surface area contributed by atoms with Crippen molar-refractivity contribution in [2.75, 3.05) is 6.29 Å². The molecule has 0 rings (SSSR count). The molecule has 0 heterocycles. The minimum atomic E-state index is 0.892. The predicted molar refractivity (Wildman–Crippen MR) is 27.9 cm³/mol. The van der Waals surface area contributed by atoms with Gasteiger partial charge in [0.15, 0.2) is 0 Å². The molecular formula is C3H8NP. The normalized spacial score (nSPS) is 6.60. The summed E-state index contributed by atoms with van der Waals surface area (Å²) in [7, 11) is 2.52. The average Bonchev–Trinajstić information content (AvgIpc) is 1.41. The third kappa shape index (κ3) is 3.97. The van der Waals surface area contributed by atoms with Gasteiger partial charge in [-0.15, -0.1) is 9.24 Å². The van der Waals surface area contributed by atoms with E-state index in [0.717, 1.165) is 6.29 Å². The van der Waals surface area contributed by atoms with Gasteiger partial charge in [0, 0.05) is 6.29 Å². The Labute approximate surface area is 34.7 Å². The molecule has 0 saturated carbocycles. The first-order valence-electron chi connectivity index (χ1n) is 1.46. The molecule has 1 N–H and O–H groups in total. The summed E-state index contributed by atoms with van der Waals surface area (Å²) in [5, 5.41) is 2.84. The van der Waals surface area contributed by atoms with Crippen LogP contribution in [0, 0.1) is 0 Å². The fourth-order valence-corrected chi connectivity index (χ4v) is 0.250. The highest BCUT2D eigenvalue weighted by molar-refractivity contribution is 7.16. The maximum Gasteiger partial charge on any atom is 0.0285 e. The molecule has 0 amide bonds. The van der Waals surface area contributed by atoms with Crippen molar-refractivity contribution in [1.29, 1.82) is 0 Å². The average molecular weight is 89.1 g/mol. The summed E-state index contributed by atoms with van der Waals surface area (Å²) in [5.41, 5.74) is 0. The Hall–Kier alpha value is -0.0300. The summed E-state index contributed by atoms with van der Waals surface area (Å²) in [6.07, 6.45) is 2.55. The molecule has 0 spiro atoms. The zero-order valence-corrected chi connectivity index (χ0v) is 4.22. The van der Waals surface area contributed by atoms with Crippen LogP contribution in [0.15, 0.2) is 12.8 Å². The zero-order chi connectivity index (χ0) is 4.12. The summed E-state index contributed by atoms with van der Waals surface area (Å²) in [6.45, 7) is 3.43. The maximum atomic E-state index is 3.43. The molecule has 0 aliphatic heterocycles. The van der Waals surface area contributed by atoms with E-state index in [1.54, 1.807) is 6.20 Å². The third-order valence-corrected chi connectivity index (χ3v) is 0.498. The number of nitrogens with one attached hydrogen (secondary N) is 1.